The van der Waals surface area contributed by atoms with Crippen molar-refractivity contribution >= 4 is 15.8 Å². The Hall–Kier alpha value is -1.18. The first kappa shape index (κ1) is 14.2. The van der Waals surface area contributed by atoms with Crippen molar-refractivity contribution in [3.63, 3.8) is 0 Å². The van der Waals surface area contributed by atoms with Crippen molar-refractivity contribution in [1.82, 2.24) is 9.29 Å². The van der Waals surface area contributed by atoms with Gasteiger partial charge in [0.1, 0.15) is 5.82 Å². The molecular weight excluding hydrogens is 266 g/mol. The van der Waals surface area contributed by atoms with Gasteiger partial charge < -0.3 is 10.5 Å². The van der Waals surface area contributed by atoms with Crippen LogP contribution >= 0.6 is 0 Å². The third kappa shape index (κ3) is 3.05. The predicted molar refractivity (Wildman–Crippen MR) is 72.0 cm³/mol. The Balaban J connectivity index is 2.34. The Morgan fingerprint density at radius 3 is 2.79 bits per heavy atom. The maximum atomic E-state index is 12.6. The molecule has 1 aliphatic heterocycles. The Morgan fingerprint density at radius 2 is 2.21 bits per heavy atom. The molecule has 2 N–H and O–H groups in total. The van der Waals surface area contributed by atoms with Crippen LogP contribution in [0.4, 0.5) is 5.82 Å². The van der Waals surface area contributed by atoms with Crippen LogP contribution in [0.5, 0.6) is 0 Å². The van der Waals surface area contributed by atoms with Gasteiger partial charge in [-0.2, -0.15) is 4.31 Å². The Bertz CT molecular complexity index is 571. The van der Waals surface area contributed by atoms with Crippen molar-refractivity contribution < 1.29 is 13.2 Å². The van der Waals surface area contributed by atoms with Crippen LogP contribution in [-0.4, -0.2) is 42.5 Å². The van der Waals surface area contributed by atoms with Crippen LogP contribution in [0.1, 0.15) is 20.8 Å². The van der Waals surface area contributed by atoms with E-state index >= 15 is 0 Å². The highest BCUT2D eigenvalue weighted by atomic mass is 32.2. The minimum Gasteiger partial charge on any atom is -0.384 e. The molecule has 0 spiro atoms. The molecule has 0 radical (unpaired) electrons. The number of pyridine rings is 1. The van der Waals surface area contributed by atoms with Gasteiger partial charge >= 0.3 is 0 Å². The van der Waals surface area contributed by atoms with Gasteiger partial charge in [-0.15, -0.1) is 0 Å². The zero-order valence-corrected chi connectivity index (χ0v) is 12.1. The maximum Gasteiger partial charge on any atom is 0.243 e. The molecule has 106 valence electrons. The number of hydrogen-bond donors (Lipinski definition) is 1. The number of ether oxygens (including phenoxy) is 1. The molecule has 0 bridgehead atoms. The number of nitrogens with zero attached hydrogens (tertiary/aromatic N) is 2. The second kappa shape index (κ2) is 4.73. The molecule has 6 nitrogen and oxygen atoms in total. The summed E-state index contributed by atoms with van der Waals surface area (Å²) in [5.41, 5.74) is 5.05. The Labute approximate surface area is 113 Å². The summed E-state index contributed by atoms with van der Waals surface area (Å²) < 4.78 is 32.3. The number of aromatic nitrogens is 1. The third-order valence-electron chi connectivity index (χ3n) is 2.93. The van der Waals surface area contributed by atoms with E-state index in [1.54, 1.807) is 0 Å². The Kier molecular flexibility index (Phi) is 3.55. The number of nitrogens with two attached hydrogens (primary N) is 1. The van der Waals surface area contributed by atoms with Gasteiger partial charge in [0.05, 0.1) is 16.6 Å². The number of anilines is 1. The van der Waals surface area contributed by atoms with Crippen molar-refractivity contribution in [2.24, 2.45) is 0 Å². The summed E-state index contributed by atoms with van der Waals surface area (Å²) in [6.07, 6.45) is 1.26. The van der Waals surface area contributed by atoms with E-state index in [-0.39, 0.29) is 16.8 Å². The number of sulfonamides is 1. The zero-order chi connectivity index (χ0) is 14.3. The van der Waals surface area contributed by atoms with E-state index in [0.29, 0.717) is 13.1 Å². The van der Waals surface area contributed by atoms with Crippen LogP contribution in [0.2, 0.25) is 0 Å². The van der Waals surface area contributed by atoms with Crippen LogP contribution in [0.15, 0.2) is 23.2 Å². The highest BCUT2D eigenvalue weighted by molar-refractivity contribution is 7.89. The second-order valence-corrected chi connectivity index (χ2v) is 7.34. The van der Waals surface area contributed by atoms with Gasteiger partial charge in [-0.25, -0.2) is 13.4 Å². The number of rotatable bonds is 2. The molecular formula is C12H19N3O3S. The molecule has 2 rings (SSSR count). The van der Waals surface area contributed by atoms with Crippen molar-refractivity contribution in [2.75, 3.05) is 18.8 Å². The first-order chi connectivity index (χ1) is 8.71. The molecule has 0 aromatic carbocycles. The molecule has 2 heterocycles. The molecule has 7 heteroatoms. The van der Waals surface area contributed by atoms with Gasteiger partial charge in [-0.05, 0) is 26.8 Å². The summed E-state index contributed by atoms with van der Waals surface area (Å²) in [6, 6.07) is 2.83. The third-order valence-corrected chi connectivity index (χ3v) is 4.74. The molecule has 0 saturated carbocycles. The fourth-order valence-corrected chi connectivity index (χ4v) is 4.00. The van der Waals surface area contributed by atoms with Crippen molar-refractivity contribution in [3.05, 3.63) is 18.3 Å². The SMILES string of the molecule is CC1CN(S(=O)(=O)c2ccnc(N)c2)CC(C)(C)O1. The highest BCUT2D eigenvalue weighted by Crippen LogP contribution is 2.26. The topological polar surface area (TPSA) is 85.5 Å². The molecule has 1 atom stereocenters. The van der Waals surface area contributed by atoms with E-state index in [1.165, 1.54) is 22.6 Å². The lowest BCUT2D eigenvalue weighted by Crippen LogP contribution is -2.53. The monoisotopic (exact) mass is 285 g/mol. The van der Waals surface area contributed by atoms with Crippen LogP contribution < -0.4 is 5.73 Å². The van der Waals surface area contributed by atoms with E-state index in [1.807, 2.05) is 20.8 Å². The second-order valence-electron chi connectivity index (χ2n) is 5.40. The average Bonchev–Trinajstić information content (AvgIpc) is 2.26. The quantitative estimate of drug-likeness (QED) is 0.870. The van der Waals surface area contributed by atoms with Gasteiger partial charge in [0.2, 0.25) is 10.0 Å². The Morgan fingerprint density at radius 1 is 1.53 bits per heavy atom. The first-order valence-electron chi connectivity index (χ1n) is 6.10. The van der Waals surface area contributed by atoms with Gasteiger partial charge in [-0.1, -0.05) is 0 Å². The van der Waals surface area contributed by atoms with Crippen LogP contribution in [0.25, 0.3) is 0 Å². The number of morpholine rings is 1. The number of nitrogen functional groups attached to an aromatic ring is 1. The zero-order valence-electron chi connectivity index (χ0n) is 11.3. The summed E-state index contributed by atoms with van der Waals surface area (Å²) in [4.78, 5) is 3.98. The fraction of sp³-hybridized carbons (Fsp3) is 0.583. The van der Waals surface area contributed by atoms with Crippen LogP contribution in [0.3, 0.4) is 0 Å². The normalized spacial score (nSPS) is 24.3. The van der Waals surface area contributed by atoms with Gasteiger partial charge in [0, 0.05) is 25.4 Å². The summed E-state index contributed by atoms with van der Waals surface area (Å²) in [5.74, 6) is 0.196. The molecule has 0 amide bonds. The van der Waals surface area contributed by atoms with Gasteiger partial charge in [0.25, 0.3) is 0 Å². The molecule has 0 aliphatic carbocycles. The van der Waals surface area contributed by atoms with Gasteiger partial charge in [0.15, 0.2) is 0 Å². The molecule has 19 heavy (non-hydrogen) atoms. The van der Waals surface area contributed by atoms with E-state index in [2.05, 4.69) is 4.98 Å². The molecule has 1 aliphatic rings. The highest BCUT2D eigenvalue weighted by Gasteiger charge is 2.37. The van der Waals surface area contributed by atoms with Crippen molar-refractivity contribution in [2.45, 2.75) is 37.4 Å². The molecule has 1 aromatic rings. The smallest absolute Gasteiger partial charge is 0.243 e. The minimum absolute atomic E-state index is 0.141. The van der Waals surface area contributed by atoms with Crippen molar-refractivity contribution in [3.8, 4) is 0 Å². The largest absolute Gasteiger partial charge is 0.384 e. The molecule has 1 unspecified atom stereocenters. The summed E-state index contributed by atoms with van der Waals surface area (Å²) in [5, 5.41) is 0. The van der Waals surface area contributed by atoms with Crippen LogP contribution in [-0.2, 0) is 14.8 Å². The van der Waals surface area contributed by atoms with Crippen molar-refractivity contribution in [1.29, 1.82) is 0 Å². The minimum atomic E-state index is -3.56. The first-order valence-corrected chi connectivity index (χ1v) is 7.54. The lowest BCUT2D eigenvalue weighted by Gasteiger charge is -2.40. The van der Waals surface area contributed by atoms with E-state index in [9.17, 15) is 8.42 Å². The average molecular weight is 285 g/mol. The van der Waals surface area contributed by atoms with E-state index < -0.39 is 15.6 Å². The maximum absolute atomic E-state index is 12.6. The summed E-state index contributed by atoms with van der Waals surface area (Å²) in [7, 11) is -3.56. The molecule has 1 saturated heterocycles. The molecule has 1 fully saturated rings. The lowest BCUT2D eigenvalue weighted by atomic mass is 10.1. The van der Waals surface area contributed by atoms with Gasteiger partial charge in [-0.3, -0.25) is 0 Å². The van der Waals surface area contributed by atoms with E-state index in [4.69, 9.17) is 10.5 Å². The lowest BCUT2D eigenvalue weighted by molar-refractivity contribution is -0.109. The summed E-state index contributed by atoms with van der Waals surface area (Å²) in [6.45, 7) is 6.29. The summed E-state index contributed by atoms with van der Waals surface area (Å²) >= 11 is 0. The van der Waals surface area contributed by atoms with Crippen LogP contribution in [0, 0.1) is 0 Å². The van der Waals surface area contributed by atoms with E-state index in [0.717, 1.165) is 0 Å². The standard InChI is InChI=1S/C12H19N3O3S/c1-9-7-15(8-12(2,3)18-9)19(16,17)10-4-5-14-11(13)6-10/h4-6,9H,7-8H2,1-3H3,(H2,13,14). The predicted octanol–water partition coefficient (Wildman–Crippen LogP) is 0.852. The molecule has 1 aromatic heterocycles. The fourth-order valence-electron chi connectivity index (χ4n) is 2.32. The number of hydrogen-bond acceptors (Lipinski definition) is 5.